The van der Waals surface area contributed by atoms with Gasteiger partial charge in [-0.25, -0.2) is 0 Å². The van der Waals surface area contributed by atoms with Crippen molar-refractivity contribution in [1.82, 2.24) is 0 Å². The minimum absolute atomic E-state index is 0. The first-order chi connectivity index (χ1) is 12.0. The van der Waals surface area contributed by atoms with Gasteiger partial charge >= 0.3 is 0 Å². The number of nitrogens with two attached hydrogens (primary N) is 1. The van der Waals surface area contributed by atoms with Crippen molar-refractivity contribution in [2.24, 2.45) is 0 Å². The van der Waals surface area contributed by atoms with Crippen LogP contribution in [0.3, 0.4) is 0 Å². The maximum absolute atomic E-state index is 12.5. The lowest BCUT2D eigenvalue weighted by Crippen LogP contribution is -2.14. The minimum Gasteiger partial charge on any atom is -0.497 e. The van der Waals surface area contributed by atoms with E-state index in [1.54, 1.807) is 24.3 Å². The molecule has 0 unspecified atom stereocenters. The lowest BCUT2D eigenvalue weighted by molar-refractivity contribution is 0.102. The zero-order valence-electron chi connectivity index (χ0n) is 14.8. The molecule has 8 heteroatoms. The molecular formula is C18H22Cl2N2O4. The van der Waals surface area contributed by atoms with E-state index in [1.165, 1.54) is 20.3 Å². The molecule has 0 aliphatic heterocycles. The Morgan fingerprint density at radius 2 is 1.92 bits per heavy atom. The minimum atomic E-state index is -0.373. The SMILES string of the molecule is CCCOc1c(Cl)cc(C(=O)Nc2cc(OC)ccc2N)cc1OC.Cl. The Labute approximate surface area is 164 Å². The van der Waals surface area contributed by atoms with Crippen LogP contribution in [0.25, 0.3) is 0 Å². The Kier molecular flexibility index (Phi) is 8.35. The third-order valence-electron chi connectivity index (χ3n) is 3.45. The summed E-state index contributed by atoms with van der Waals surface area (Å²) in [6, 6.07) is 8.11. The van der Waals surface area contributed by atoms with Gasteiger partial charge in [-0.2, -0.15) is 0 Å². The molecule has 0 saturated carbocycles. The molecule has 0 aromatic heterocycles. The Morgan fingerprint density at radius 1 is 1.19 bits per heavy atom. The number of hydrogen-bond acceptors (Lipinski definition) is 5. The number of carbonyl (C=O) groups is 1. The molecule has 0 bridgehead atoms. The second-order valence-corrected chi connectivity index (χ2v) is 5.65. The predicted octanol–water partition coefficient (Wildman–Crippen LogP) is 4.40. The van der Waals surface area contributed by atoms with Crippen molar-refractivity contribution < 1.29 is 19.0 Å². The van der Waals surface area contributed by atoms with E-state index in [1.807, 2.05) is 6.92 Å². The maximum Gasteiger partial charge on any atom is 0.255 e. The number of amides is 1. The Morgan fingerprint density at radius 3 is 2.54 bits per heavy atom. The molecule has 0 atom stereocenters. The van der Waals surface area contributed by atoms with Gasteiger partial charge in [-0.1, -0.05) is 18.5 Å². The lowest BCUT2D eigenvalue weighted by Gasteiger charge is -2.14. The summed E-state index contributed by atoms with van der Waals surface area (Å²) >= 11 is 6.25. The standard InChI is InChI=1S/C18H21ClN2O4.ClH/c1-4-7-25-17-13(19)8-11(9-16(17)24-3)18(22)21-15-10-12(23-2)5-6-14(15)20;/h5-6,8-10H,4,7,20H2,1-3H3,(H,21,22);1H. The van der Waals surface area contributed by atoms with Gasteiger partial charge in [0.1, 0.15) is 5.75 Å². The summed E-state index contributed by atoms with van der Waals surface area (Å²) in [5.41, 5.74) is 7.10. The number of halogens is 2. The lowest BCUT2D eigenvalue weighted by atomic mass is 10.1. The number of nitrogens with one attached hydrogen (secondary N) is 1. The molecule has 0 saturated heterocycles. The molecule has 2 aromatic carbocycles. The van der Waals surface area contributed by atoms with E-state index >= 15 is 0 Å². The van der Waals surface area contributed by atoms with Gasteiger partial charge in [-0.3, -0.25) is 4.79 Å². The summed E-state index contributed by atoms with van der Waals surface area (Å²) in [5.74, 6) is 1.03. The van der Waals surface area contributed by atoms with Crippen LogP contribution in [-0.4, -0.2) is 26.7 Å². The van der Waals surface area contributed by atoms with E-state index in [4.69, 9.17) is 31.5 Å². The van der Waals surface area contributed by atoms with Crippen LogP contribution >= 0.6 is 24.0 Å². The summed E-state index contributed by atoms with van der Waals surface area (Å²) in [5, 5.41) is 3.05. The fourth-order valence-corrected chi connectivity index (χ4v) is 2.43. The van der Waals surface area contributed by atoms with Crippen LogP contribution in [0.5, 0.6) is 17.2 Å². The second kappa shape index (κ2) is 9.99. The van der Waals surface area contributed by atoms with Crippen molar-refractivity contribution >= 4 is 41.3 Å². The third kappa shape index (κ3) is 5.09. The van der Waals surface area contributed by atoms with Gasteiger partial charge in [0.2, 0.25) is 0 Å². The first-order valence-electron chi connectivity index (χ1n) is 7.75. The molecule has 0 heterocycles. The highest BCUT2D eigenvalue weighted by Crippen LogP contribution is 2.37. The number of ether oxygens (including phenoxy) is 3. The van der Waals surface area contributed by atoms with Crippen molar-refractivity contribution in [3.8, 4) is 17.2 Å². The molecule has 2 rings (SSSR count). The monoisotopic (exact) mass is 400 g/mol. The first-order valence-corrected chi connectivity index (χ1v) is 8.13. The van der Waals surface area contributed by atoms with Crippen molar-refractivity contribution in [3.63, 3.8) is 0 Å². The second-order valence-electron chi connectivity index (χ2n) is 5.25. The van der Waals surface area contributed by atoms with Gasteiger partial charge in [-0.05, 0) is 30.7 Å². The largest absolute Gasteiger partial charge is 0.497 e. The van der Waals surface area contributed by atoms with Crippen LogP contribution in [-0.2, 0) is 0 Å². The fourth-order valence-electron chi connectivity index (χ4n) is 2.16. The normalized spacial score (nSPS) is 9.85. The molecule has 0 aliphatic rings. The van der Waals surface area contributed by atoms with E-state index in [0.717, 1.165) is 6.42 Å². The highest BCUT2D eigenvalue weighted by Gasteiger charge is 2.17. The van der Waals surface area contributed by atoms with Gasteiger partial charge < -0.3 is 25.3 Å². The number of carbonyl (C=O) groups excluding carboxylic acids is 1. The average molecular weight is 401 g/mol. The number of nitrogen functional groups attached to an aromatic ring is 1. The highest BCUT2D eigenvalue weighted by molar-refractivity contribution is 6.32. The summed E-state index contributed by atoms with van der Waals surface area (Å²) in [6.07, 6.45) is 0.830. The Bertz CT molecular complexity index is 769. The number of rotatable bonds is 7. The van der Waals surface area contributed by atoms with Crippen molar-refractivity contribution in [3.05, 3.63) is 40.9 Å². The summed E-state index contributed by atoms with van der Waals surface area (Å²) in [4.78, 5) is 12.5. The smallest absolute Gasteiger partial charge is 0.255 e. The van der Waals surface area contributed by atoms with Crippen molar-refractivity contribution in [1.29, 1.82) is 0 Å². The molecule has 142 valence electrons. The molecule has 0 spiro atoms. The van der Waals surface area contributed by atoms with E-state index < -0.39 is 0 Å². The Balaban J connectivity index is 0.00000338. The van der Waals surface area contributed by atoms with E-state index in [2.05, 4.69) is 5.32 Å². The number of benzene rings is 2. The Hall–Kier alpha value is -2.31. The van der Waals surface area contributed by atoms with Crippen LogP contribution in [0.4, 0.5) is 11.4 Å². The third-order valence-corrected chi connectivity index (χ3v) is 3.73. The number of methoxy groups -OCH3 is 2. The molecule has 3 N–H and O–H groups in total. The molecule has 6 nitrogen and oxygen atoms in total. The zero-order chi connectivity index (χ0) is 18.4. The van der Waals surface area contributed by atoms with Gasteiger partial charge in [0, 0.05) is 11.6 Å². The van der Waals surface area contributed by atoms with Gasteiger partial charge in [0.25, 0.3) is 5.91 Å². The maximum atomic E-state index is 12.5. The van der Waals surface area contributed by atoms with Crippen LogP contribution in [0.15, 0.2) is 30.3 Å². The van der Waals surface area contributed by atoms with Crippen molar-refractivity contribution in [2.75, 3.05) is 31.9 Å². The first kappa shape index (κ1) is 21.7. The molecule has 1 amide bonds. The van der Waals surface area contributed by atoms with Gasteiger partial charge in [-0.15, -0.1) is 12.4 Å². The van der Waals surface area contributed by atoms with Gasteiger partial charge in [0.05, 0.1) is 37.2 Å². The zero-order valence-corrected chi connectivity index (χ0v) is 16.4. The average Bonchev–Trinajstić information content (AvgIpc) is 2.61. The van der Waals surface area contributed by atoms with E-state index in [9.17, 15) is 4.79 Å². The summed E-state index contributed by atoms with van der Waals surface area (Å²) in [6.45, 7) is 2.49. The topological polar surface area (TPSA) is 82.8 Å². The van der Waals surface area contributed by atoms with Crippen LogP contribution < -0.4 is 25.3 Å². The number of anilines is 2. The van der Waals surface area contributed by atoms with E-state index in [-0.39, 0.29) is 18.3 Å². The fraction of sp³-hybridized carbons (Fsp3) is 0.278. The molecule has 2 aromatic rings. The molecule has 0 fully saturated rings. The molecule has 0 aliphatic carbocycles. The number of hydrogen-bond donors (Lipinski definition) is 2. The molecule has 0 radical (unpaired) electrons. The van der Waals surface area contributed by atoms with Crippen molar-refractivity contribution in [2.45, 2.75) is 13.3 Å². The quantitative estimate of drug-likeness (QED) is 0.672. The predicted molar refractivity (Wildman–Crippen MR) is 106 cm³/mol. The van der Waals surface area contributed by atoms with Crippen LogP contribution in [0, 0.1) is 0 Å². The van der Waals surface area contributed by atoms with Crippen LogP contribution in [0.2, 0.25) is 5.02 Å². The van der Waals surface area contributed by atoms with Crippen LogP contribution in [0.1, 0.15) is 23.7 Å². The van der Waals surface area contributed by atoms with Gasteiger partial charge in [0.15, 0.2) is 11.5 Å². The molecule has 26 heavy (non-hydrogen) atoms. The summed E-state index contributed by atoms with van der Waals surface area (Å²) in [7, 11) is 3.03. The summed E-state index contributed by atoms with van der Waals surface area (Å²) < 4.78 is 16.0. The molecular weight excluding hydrogens is 379 g/mol. The van der Waals surface area contributed by atoms with E-state index in [0.29, 0.717) is 45.8 Å². The highest BCUT2D eigenvalue weighted by atomic mass is 35.5.